The number of aliphatic hydroxyl groups is 1. The van der Waals surface area contributed by atoms with Crippen molar-refractivity contribution in [2.75, 3.05) is 14.2 Å². The van der Waals surface area contributed by atoms with Gasteiger partial charge in [-0.15, -0.1) is 0 Å². The second kappa shape index (κ2) is 5.63. The average molecular weight is 327 g/mol. The van der Waals surface area contributed by atoms with Gasteiger partial charge < -0.3 is 19.1 Å². The van der Waals surface area contributed by atoms with E-state index >= 15 is 0 Å². The predicted molar refractivity (Wildman–Crippen MR) is 75.4 cm³/mol. The van der Waals surface area contributed by atoms with Gasteiger partial charge in [0, 0.05) is 18.7 Å². The van der Waals surface area contributed by atoms with Crippen LogP contribution in [0.4, 0.5) is 0 Å². The average Bonchev–Trinajstić information content (AvgIpc) is 2.72. The van der Waals surface area contributed by atoms with Crippen LogP contribution < -0.4 is 9.47 Å². The first-order valence-electron chi connectivity index (χ1n) is 5.66. The lowest BCUT2D eigenvalue weighted by Crippen LogP contribution is -1.99. The molecule has 5 nitrogen and oxygen atoms in total. The summed E-state index contributed by atoms with van der Waals surface area (Å²) in [5.74, 6) is 2.12. The van der Waals surface area contributed by atoms with Gasteiger partial charge in [0.25, 0.3) is 0 Å². The summed E-state index contributed by atoms with van der Waals surface area (Å²) in [6, 6.07) is 5.55. The Balaban J connectivity index is 2.58. The first-order valence-corrected chi connectivity index (χ1v) is 6.45. The summed E-state index contributed by atoms with van der Waals surface area (Å²) in [5, 5.41) is 9.32. The third-order valence-corrected chi connectivity index (χ3v) is 3.56. The maximum atomic E-state index is 9.32. The number of imidazole rings is 1. The van der Waals surface area contributed by atoms with Crippen LogP contribution in [-0.2, 0) is 13.7 Å². The molecule has 0 saturated heterocycles. The van der Waals surface area contributed by atoms with E-state index in [0.29, 0.717) is 16.1 Å². The smallest absolute Gasteiger partial charge is 0.141 e. The van der Waals surface area contributed by atoms with Crippen molar-refractivity contribution < 1.29 is 14.6 Å². The van der Waals surface area contributed by atoms with Gasteiger partial charge in [-0.1, -0.05) is 0 Å². The second-order valence-corrected chi connectivity index (χ2v) is 4.74. The monoisotopic (exact) mass is 326 g/mol. The summed E-state index contributed by atoms with van der Waals surface area (Å²) < 4.78 is 13.0. The molecule has 0 amide bonds. The molecule has 0 aliphatic carbocycles. The van der Waals surface area contributed by atoms with Gasteiger partial charge in [-0.05, 0) is 28.1 Å². The maximum Gasteiger partial charge on any atom is 0.141 e. The summed E-state index contributed by atoms with van der Waals surface area (Å²) in [6.45, 7) is -0.0782. The van der Waals surface area contributed by atoms with Gasteiger partial charge in [0.15, 0.2) is 0 Å². The Morgan fingerprint density at radius 3 is 2.21 bits per heavy atom. The molecule has 1 heterocycles. The summed E-state index contributed by atoms with van der Waals surface area (Å²) in [5.41, 5.74) is 1.58. The molecule has 102 valence electrons. The Hall–Kier alpha value is -1.53. The molecule has 0 radical (unpaired) electrons. The number of ether oxygens (including phenoxy) is 2. The number of aromatic nitrogens is 2. The molecular formula is C13H15BrN2O3. The van der Waals surface area contributed by atoms with Gasteiger partial charge in [0.1, 0.15) is 21.9 Å². The largest absolute Gasteiger partial charge is 0.497 e. The van der Waals surface area contributed by atoms with Crippen molar-refractivity contribution in [3.8, 4) is 22.9 Å². The Labute approximate surface area is 119 Å². The van der Waals surface area contributed by atoms with Crippen LogP contribution in [0.1, 0.15) is 5.69 Å². The fraction of sp³-hybridized carbons (Fsp3) is 0.308. The standard InChI is InChI=1S/C13H15BrN2O3/c1-16-11(7-17)12(14)15-13(16)8-4-9(18-2)6-10(5-8)19-3/h4-6,17H,7H2,1-3H3. The van der Waals surface area contributed by atoms with E-state index in [1.165, 1.54) is 0 Å². The van der Waals surface area contributed by atoms with Crippen LogP contribution >= 0.6 is 15.9 Å². The highest BCUT2D eigenvalue weighted by Gasteiger charge is 2.15. The lowest BCUT2D eigenvalue weighted by molar-refractivity contribution is 0.272. The van der Waals surface area contributed by atoms with Crippen LogP contribution in [0.25, 0.3) is 11.4 Å². The molecule has 0 fully saturated rings. The van der Waals surface area contributed by atoms with Crippen molar-refractivity contribution in [2.24, 2.45) is 7.05 Å². The molecule has 1 aromatic heterocycles. The van der Waals surface area contributed by atoms with Gasteiger partial charge in [0.05, 0.1) is 26.5 Å². The van der Waals surface area contributed by atoms with E-state index in [9.17, 15) is 5.11 Å². The van der Waals surface area contributed by atoms with Gasteiger partial charge in [-0.3, -0.25) is 0 Å². The topological polar surface area (TPSA) is 56.5 Å². The van der Waals surface area contributed by atoms with Crippen LogP contribution in [0.5, 0.6) is 11.5 Å². The molecule has 2 aromatic rings. The third-order valence-electron chi connectivity index (χ3n) is 2.92. The SMILES string of the molecule is COc1cc(OC)cc(-c2nc(Br)c(CO)n2C)c1. The van der Waals surface area contributed by atoms with Gasteiger partial charge in [0.2, 0.25) is 0 Å². The second-order valence-electron chi connectivity index (χ2n) is 3.99. The molecule has 1 N–H and O–H groups in total. The lowest BCUT2D eigenvalue weighted by atomic mass is 10.2. The van der Waals surface area contributed by atoms with Crippen LogP contribution in [0.15, 0.2) is 22.8 Å². The fourth-order valence-electron chi connectivity index (χ4n) is 1.86. The quantitative estimate of drug-likeness (QED) is 0.937. The van der Waals surface area contributed by atoms with Crippen LogP contribution in [0, 0.1) is 0 Å². The molecule has 19 heavy (non-hydrogen) atoms. The molecule has 2 rings (SSSR count). The Kier molecular flexibility index (Phi) is 4.11. The van der Waals surface area contributed by atoms with Crippen molar-refractivity contribution in [2.45, 2.75) is 6.61 Å². The third kappa shape index (κ3) is 2.59. The van der Waals surface area contributed by atoms with Crippen LogP contribution in [-0.4, -0.2) is 28.9 Å². The number of hydrogen-bond acceptors (Lipinski definition) is 4. The molecule has 0 unspecified atom stereocenters. The van der Waals surface area contributed by atoms with Crippen LogP contribution in [0.2, 0.25) is 0 Å². The van der Waals surface area contributed by atoms with E-state index in [1.54, 1.807) is 20.3 Å². The highest BCUT2D eigenvalue weighted by atomic mass is 79.9. The number of benzene rings is 1. The molecule has 0 aliphatic rings. The Bertz CT molecular complexity index is 574. The normalized spacial score (nSPS) is 10.6. The first kappa shape index (κ1) is 13.9. The van der Waals surface area contributed by atoms with Crippen molar-refractivity contribution >= 4 is 15.9 Å². The van der Waals surface area contributed by atoms with Crippen molar-refractivity contribution in [3.63, 3.8) is 0 Å². The molecule has 0 atom stereocenters. The van der Waals surface area contributed by atoms with E-state index in [-0.39, 0.29) is 6.61 Å². The molecular weight excluding hydrogens is 312 g/mol. The van der Waals surface area contributed by atoms with Gasteiger partial charge in [-0.2, -0.15) is 0 Å². The zero-order valence-corrected chi connectivity index (χ0v) is 12.6. The number of methoxy groups -OCH3 is 2. The lowest BCUT2D eigenvalue weighted by Gasteiger charge is -2.09. The minimum atomic E-state index is -0.0782. The van der Waals surface area contributed by atoms with Crippen molar-refractivity contribution in [1.29, 1.82) is 0 Å². The van der Waals surface area contributed by atoms with Crippen molar-refractivity contribution in [3.05, 3.63) is 28.5 Å². The summed E-state index contributed by atoms with van der Waals surface area (Å²) in [7, 11) is 5.06. The minimum Gasteiger partial charge on any atom is -0.497 e. The minimum absolute atomic E-state index is 0.0782. The van der Waals surface area contributed by atoms with E-state index in [4.69, 9.17) is 9.47 Å². The first-order chi connectivity index (χ1) is 9.10. The molecule has 0 saturated carbocycles. The molecule has 0 spiro atoms. The number of aliphatic hydroxyl groups excluding tert-OH is 1. The zero-order valence-electron chi connectivity index (χ0n) is 11.0. The van der Waals surface area contributed by atoms with E-state index in [1.807, 2.05) is 23.7 Å². The highest BCUT2D eigenvalue weighted by molar-refractivity contribution is 9.10. The highest BCUT2D eigenvalue weighted by Crippen LogP contribution is 2.31. The number of rotatable bonds is 4. The number of nitrogens with zero attached hydrogens (tertiary/aromatic N) is 2. The molecule has 0 bridgehead atoms. The zero-order chi connectivity index (χ0) is 14.0. The predicted octanol–water partition coefficient (Wildman–Crippen LogP) is 2.36. The number of hydrogen-bond donors (Lipinski definition) is 1. The summed E-state index contributed by atoms with van der Waals surface area (Å²) >= 11 is 3.34. The van der Waals surface area contributed by atoms with Gasteiger partial charge >= 0.3 is 0 Å². The van der Waals surface area contributed by atoms with E-state index in [0.717, 1.165) is 17.1 Å². The fourth-order valence-corrected chi connectivity index (χ4v) is 2.42. The summed E-state index contributed by atoms with van der Waals surface area (Å²) in [6.07, 6.45) is 0. The van der Waals surface area contributed by atoms with E-state index < -0.39 is 0 Å². The van der Waals surface area contributed by atoms with Gasteiger partial charge in [-0.25, -0.2) is 4.98 Å². The molecule has 6 heteroatoms. The molecule has 1 aromatic carbocycles. The number of halogens is 1. The molecule has 0 aliphatic heterocycles. The Morgan fingerprint density at radius 2 is 1.79 bits per heavy atom. The van der Waals surface area contributed by atoms with Crippen molar-refractivity contribution in [1.82, 2.24) is 9.55 Å². The van der Waals surface area contributed by atoms with Crippen LogP contribution in [0.3, 0.4) is 0 Å². The van der Waals surface area contributed by atoms with E-state index in [2.05, 4.69) is 20.9 Å². The Morgan fingerprint density at radius 1 is 1.21 bits per heavy atom. The maximum absolute atomic E-state index is 9.32. The summed E-state index contributed by atoms with van der Waals surface area (Å²) in [4.78, 5) is 4.41.